The number of hydrogen-bond acceptors (Lipinski definition) is 6. The van der Waals surface area contributed by atoms with Crippen LogP contribution >= 0.6 is 0 Å². The maximum Gasteiger partial charge on any atom is 0.251 e. The van der Waals surface area contributed by atoms with Crippen molar-refractivity contribution < 1.29 is 24.2 Å². The summed E-state index contributed by atoms with van der Waals surface area (Å²) in [4.78, 5) is 28.0. The van der Waals surface area contributed by atoms with E-state index in [1.807, 2.05) is 13.8 Å². The van der Waals surface area contributed by atoms with Crippen LogP contribution in [-0.2, 0) is 4.79 Å². The van der Waals surface area contributed by atoms with Crippen LogP contribution < -0.4 is 20.1 Å². The first-order chi connectivity index (χ1) is 12.5. The Morgan fingerprint density at radius 2 is 1.85 bits per heavy atom. The van der Waals surface area contributed by atoms with Crippen LogP contribution in [0.2, 0.25) is 0 Å². The van der Waals surface area contributed by atoms with Crippen LogP contribution in [0.4, 0.5) is 5.82 Å². The number of amides is 2. The Kier molecular flexibility index (Phi) is 6.78. The minimum absolute atomic E-state index is 0.0337. The van der Waals surface area contributed by atoms with Crippen molar-refractivity contribution in [3.8, 4) is 17.2 Å². The second kappa shape index (κ2) is 9.26. The summed E-state index contributed by atoms with van der Waals surface area (Å²) < 4.78 is 10.9. The van der Waals surface area contributed by atoms with Crippen molar-refractivity contribution >= 4 is 17.6 Å². The zero-order valence-corrected chi connectivity index (χ0v) is 14.6. The van der Waals surface area contributed by atoms with Gasteiger partial charge in [-0.15, -0.1) is 0 Å². The third kappa shape index (κ3) is 5.10. The average molecular weight is 359 g/mol. The first kappa shape index (κ1) is 19.0. The molecule has 0 atom stereocenters. The monoisotopic (exact) mass is 359 g/mol. The molecule has 3 N–H and O–H groups in total. The zero-order chi connectivity index (χ0) is 18.9. The van der Waals surface area contributed by atoms with Crippen LogP contribution in [0.5, 0.6) is 17.2 Å². The fraction of sp³-hybridized carbons (Fsp3) is 0.278. The predicted octanol–water partition coefficient (Wildman–Crippen LogP) is 1.95. The van der Waals surface area contributed by atoms with E-state index in [2.05, 4.69) is 15.6 Å². The third-order valence-corrected chi connectivity index (χ3v) is 3.26. The number of carbonyl (C=O) groups excluding carboxylic acids is 2. The molecule has 138 valence electrons. The predicted molar refractivity (Wildman–Crippen MR) is 95.6 cm³/mol. The largest absolute Gasteiger partial charge is 0.504 e. The maximum absolute atomic E-state index is 12.2. The van der Waals surface area contributed by atoms with Gasteiger partial charge in [-0.1, -0.05) is 0 Å². The summed E-state index contributed by atoms with van der Waals surface area (Å²) in [6.07, 6.45) is 1.43. The lowest BCUT2D eigenvalue weighted by Gasteiger charge is -2.12. The molecule has 8 heteroatoms. The lowest BCUT2D eigenvalue weighted by atomic mass is 10.2. The number of ether oxygens (including phenoxy) is 2. The standard InChI is InChI=1S/C18H21N3O5/c1-3-25-14-8-7-12(10-15(14)26-4-2)18(24)20-11-16(23)21-17-13(22)6-5-9-19-17/h5-10,22H,3-4,11H2,1-2H3,(H,20,24)(H,19,21,23). The number of nitrogens with one attached hydrogen (secondary N) is 2. The lowest BCUT2D eigenvalue weighted by molar-refractivity contribution is -0.115. The van der Waals surface area contributed by atoms with Crippen molar-refractivity contribution in [1.82, 2.24) is 10.3 Å². The molecule has 0 radical (unpaired) electrons. The Morgan fingerprint density at radius 3 is 2.54 bits per heavy atom. The second-order valence-electron chi connectivity index (χ2n) is 5.13. The van der Waals surface area contributed by atoms with Crippen molar-refractivity contribution in [2.75, 3.05) is 25.1 Å². The fourth-order valence-electron chi connectivity index (χ4n) is 2.12. The van der Waals surface area contributed by atoms with Crippen LogP contribution in [0.1, 0.15) is 24.2 Å². The van der Waals surface area contributed by atoms with E-state index in [4.69, 9.17) is 9.47 Å². The minimum Gasteiger partial charge on any atom is -0.504 e. The van der Waals surface area contributed by atoms with Gasteiger partial charge in [0.25, 0.3) is 5.91 Å². The van der Waals surface area contributed by atoms with Crippen molar-refractivity contribution in [3.05, 3.63) is 42.1 Å². The van der Waals surface area contributed by atoms with Gasteiger partial charge in [-0.25, -0.2) is 4.98 Å². The molecule has 2 aromatic rings. The summed E-state index contributed by atoms with van der Waals surface area (Å²) in [5, 5.41) is 14.5. The summed E-state index contributed by atoms with van der Waals surface area (Å²) in [5.74, 6) is -0.0525. The minimum atomic E-state index is -0.511. The molecule has 1 aromatic heterocycles. The summed E-state index contributed by atoms with van der Waals surface area (Å²) in [6.45, 7) is 4.33. The molecule has 0 unspecified atom stereocenters. The second-order valence-corrected chi connectivity index (χ2v) is 5.13. The zero-order valence-electron chi connectivity index (χ0n) is 14.6. The first-order valence-electron chi connectivity index (χ1n) is 8.16. The highest BCUT2D eigenvalue weighted by molar-refractivity contribution is 5.99. The molecule has 0 fully saturated rings. The van der Waals surface area contributed by atoms with Crippen LogP contribution in [0.15, 0.2) is 36.5 Å². The normalized spacial score (nSPS) is 10.1. The molecule has 2 rings (SSSR count). The average Bonchev–Trinajstić information content (AvgIpc) is 2.63. The number of aromatic nitrogens is 1. The van der Waals surface area contributed by atoms with Gasteiger partial charge < -0.3 is 25.2 Å². The number of carbonyl (C=O) groups is 2. The van der Waals surface area contributed by atoms with Crippen molar-refractivity contribution in [3.63, 3.8) is 0 Å². The molecule has 1 aromatic carbocycles. The van der Waals surface area contributed by atoms with E-state index < -0.39 is 11.8 Å². The van der Waals surface area contributed by atoms with Gasteiger partial charge in [0.05, 0.1) is 19.8 Å². The Balaban J connectivity index is 1.97. The molecule has 0 saturated heterocycles. The molecule has 26 heavy (non-hydrogen) atoms. The summed E-state index contributed by atoms with van der Waals surface area (Å²) in [5.41, 5.74) is 0.338. The molecule has 0 aliphatic heterocycles. The number of rotatable bonds is 8. The molecule has 8 nitrogen and oxygen atoms in total. The quantitative estimate of drug-likeness (QED) is 0.665. The van der Waals surface area contributed by atoms with Crippen LogP contribution in [0.3, 0.4) is 0 Å². The number of aromatic hydroxyl groups is 1. The smallest absolute Gasteiger partial charge is 0.251 e. The van der Waals surface area contributed by atoms with Crippen molar-refractivity contribution in [1.29, 1.82) is 0 Å². The Hall–Kier alpha value is -3.29. The number of anilines is 1. The van der Waals surface area contributed by atoms with E-state index in [1.54, 1.807) is 18.2 Å². The van der Waals surface area contributed by atoms with Gasteiger partial charge >= 0.3 is 0 Å². The maximum atomic E-state index is 12.2. The molecule has 0 aliphatic rings. The van der Waals surface area contributed by atoms with E-state index >= 15 is 0 Å². The fourth-order valence-corrected chi connectivity index (χ4v) is 2.12. The van der Waals surface area contributed by atoms with Crippen LogP contribution in [-0.4, -0.2) is 41.7 Å². The van der Waals surface area contributed by atoms with Gasteiger partial charge in [-0.2, -0.15) is 0 Å². The van der Waals surface area contributed by atoms with Gasteiger partial charge in [-0.3, -0.25) is 9.59 Å². The molecule has 0 bridgehead atoms. The van der Waals surface area contributed by atoms with E-state index in [1.165, 1.54) is 18.3 Å². The molecule has 0 spiro atoms. The molecule has 1 heterocycles. The highest BCUT2D eigenvalue weighted by Gasteiger charge is 2.13. The first-order valence-corrected chi connectivity index (χ1v) is 8.16. The molecule has 0 aliphatic carbocycles. The molecule has 2 amide bonds. The topological polar surface area (TPSA) is 110 Å². The Bertz CT molecular complexity index is 779. The summed E-state index contributed by atoms with van der Waals surface area (Å²) in [6, 6.07) is 7.73. The van der Waals surface area contributed by atoms with E-state index in [-0.39, 0.29) is 18.1 Å². The molecule has 0 saturated carbocycles. The SMILES string of the molecule is CCOc1ccc(C(=O)NCC(=O)Nc2ncccc2O)cc1OCC. The Labute approximate surface area is 151 Å². The van der Waals surface area contributed by atoms with Gasteiger partial charge in [-0.05, 0) is 44.2 Å². The number of benzene rings is 1. The lowest BCUT2D eigenvalue weighted by Crippen LogP contribution is -2.33. The van der Waals surface area contributed by atoms with Crippen molar-refractivity contribution in [2.24, 2.45) is 0 Å². The number of hydrogen-bond donors (Lipinski definition) is 3. The van der Waals surface area contributed by atoms with E-state index in [0.717, 1.165) is 0 Å². The van der Waals surface area contributed by atoms with Crippen molar-refractivity contribution in [2.45, 2.75) is 13.8 Å². The number of pyridine rings is 1. The van der Waals surface area contributed by atoms with Gasteiger partial charge in [0.1, 0.15) is 0 Å². The van der Waals surface area contributed by atoms with Crippen LogP contribution in [0, 0.1) is 0 Å². The van der Waals surface area contributed by atoms with Gasteiger partial charge in [0.2, 0.25) is 5.91 Å². The third-order valence-electron chi connectivity index (χ3n) is 3.26. The summed E-state index contributed by atoms with van der Waals surface area (Å²) in [7, 11) is 0. The molecular weight excluding hydrogens is 338 g/mol. The summed E-state index contributed by atoms with van der Waals surface area (Å²) >= 11 is 0. The highest BCUT2D eigenvalue weighted by Crippen LogP contribution is 2.28. The number of nitrogens with zero attached hydrogens (tertiary/aromatic N) is 1. The van der Waals surface area contributed by atoms with Gasteiger partial charge in [0.15, 0.2) is 23.1 Å². The van der Waals surface area contributed by atoms with Crippen LogP contribution in [0.25, 0.3) is 0 Å². The van der Waals surface area contributed by atoms with E-state index in [0.29, 0.717) is 30.3 Å². The Morgan fingerprint density at radius 1 is 1.12 bits per heavy atom. The van der Waals surface area contributed by atoms with Gasteiger partial charge in [0, 0.05) is 11.8 Å². The van der Waals surface area contributed by atoms with E-state index in [9.17, 15) is 14.7 Å². The molecular formula is C18H21N3O5. The highest BCUT2D eigenvalue weighted by atomic mass is 16.5.